The molecule has 0 aliphatic carbocycles. The first kappa shape index (κ1) is 15.4. The highest BCUT2D eigenvalue weighted by Crippen LogP contribution is 2.39. The average molecular weight is 345 g/mol. The number of aryl methyl sites for hydroxylation is 1. The van der Waals surface area contributed by atoms with E-state index in [4.69, 9.17) is 39.0 Å². The zero-order valence-corrected chi connectivity index (χ0v) is 13.1. The third kappa shape index (κ3) is 4.21. The van der Waals surface area contributed by atoms with Crippen molar-refractivity contribution in [3.8, 4) is 0 Å². The predicted octanol–water partition coefficient (Wildman–Crippen LogP) is 2.98. The number of hydrogen-bond acceptors (Lipinski definition) is 3. The van der Waals surface area contributed by atoms with Crippen LogP contribution in [-0.2, 0) is 14.5 Å². The topological polar surface area (TPSA) is 46.4 Å². The second kappa shape index (κ2) is 5.39. The van der Waals surface area contributed by atoms with Crippen LogP contribution in [0.4, 0.5) is 0 Å². The summed E-state index contributed by atoms with van der Waals surface area (Å²) >= 11 is 16.4. The number of hydrogen-bond donors (Lipinski definition) is 0. The van der Waals surface area contributed by atoms with Gasteiger partial charge in [0, 0.05) is 6.54 Å². The van der Waals surface area contributed by atoms with Gasteiger partial charge in [0.05, 0.1) is 6.04 Å². The predicted molar refractivity (Wildman–Crippen MR) is 75.8 cm³/mol. The zero-order valence-electron chi connectivity index (χ0n) is 10.0. The van der Waals surface area contributed by atoms with Crippen LogP contribution in [0.25, 0.3) is 0 Å². The van der Waals surface area contributed by atoms with Crippen molar-refractivity contribution in [2.24, 2.45) is 0 Å². The van der Waals surface area contributed by atoms with Crippen LogP contribution in [0.3, 0.4) is 0 Å². The van der Waals surface area contributed by atoms with Gasteiger partial charge in [-0.25, -0.2) is 0 Å². The minimum Gasteiger partial charge on any atom is -0.253 e. The van der Waals surface area contributed by atoms with Gasteiger partial charge in [0.15, 0.2) is 0 Å². The molecule has 2 rings (SSSR count). The second-order valence-corrected chi connectivity index (χ2v) is 8.41. The van der Waals surface area contributed by atoms with Crippen LogP contribution < -0.4 is 0 Å². The van der Waals surface area contributed by atoms with Gasteiger partial charge in [-0.3, -0.25) is 4.18 Å². The van der Waals surface area contributed by atoms with Crippen LogP contribution >= 0.6 is 34.8 Å². The Morgan fingerprint density at radius 2 is 2.11 bits per heavy atom. The SMILES string of the molecule is Cc1cccc(C2CN2S(=O)(=O)OCC(Cl)(Cl)Cl)c1. The molecule has 0 N–H and O–H groups in total. The zero-order chi connectivity index (χ0) is 14.3. The van der Waals surface area contributed by atoms with Crippen molar-refractivity contribution in [3.05, 3.63) is 35.4 Å². The summed E-state index contributed by atoms with van der Waals surface area (Å²) in [6.07, 6.45) is 0. The molecule has 8 heteroatoms. The van der Waals surface area contributed by atoms with E-state index in [9.17, 15) is 8.42 Å². The first-order valence-electron chi connectivity index (χ1n) is 5.48. The van der Waals surface area contributed by atoms with E-state index in [-0.39, 0.29) is 6.04 Å². The highest BCUT2D eigenvalue weighted by Gasteiger charge is 2.46. The summed E-state index contributed by atoms with van der Waals surface area (Å²) in [5, 5.41) is 0. The van der Waals surface area contributed by atoms with Crippen molar-refractivity contribution in [1.82, 2.24) is 4.31 Å². The lowest BCUT2D eigenvalue weighted by Gasteiger charge is -2.12. The van der Waals surface area contributed by atoms with Crippen molar-refractivity contribution in [2.45, 2.75) is 16.8 Å². The molecule has 0 saturated carbocycles. The lowest BCUT2D eigenvalue weighted by molar-refractivity contribution is 0.305. The largest absolute Gasteiger partial charge is 0.339 e. The highest BCUT2D eigenvalue weighted by atomic mass is 35.6. The number of benzene rings is 1. The van der Waals surface area contributed by atoms with Crippen LogP contribution in [0.2, 0.25) is 0 Å². The maximum Gasteiger partial charge on any atom is 0.339 e. The maximum absolute atomic E-state index is 11.8. The van der Waals surface area contributed by atoms with Crippen LogP contribution in [0.15, 0.2) is 24.3 Å². The van der Waals surface area contributed by atoms with E-state index < -0.39 is 20.7 Å². The van der Waals surface area contributed by atoms with Crippen molar-refractivity contribution < 1.29 is 12.6 Å². The molecule has 1 heterocycles. The van der Waals surface area contributed by atoms with E-state index in [1.807, 2.05) is 31.2 Å². The van der Waals surface area contributed by atoms with E-state index in [2.05, 4.69) is 0 Å². The first-order valence-corrected chi connectivity index (χ1v) is 7.98. The van der Waals surface area contributed by atoms with Crippen LogP contribution in [0.5, 0.6) is 0 Å². The van der Waals surface area contributed by atoms with Gasteiger partial charge >= 0.3 is 10.3 Å². The van der Waals surface area contributed by atoms with Crippen molar-refractivity contribution >= 4 is 45.1 Å². The van der Waals surface area contributed by atoms with Crippen LogP contribution in [0.1, 0.15) is 17.2 Å². The lowest BCUT2D eigenvalue weighted by atomic mass is 10.1. The molecule has 0 amide bonds. The second-order valence-electron chi connectivity index (χ2n) is 4.33. The smallest absolute Gasteiger partial charge is 0.253 e. The summed E-state index contributed by atoms with van der Waals surface area (Å²) in [6, 6.07) is 7.46. The van der Waals surface area contributed by atoms with Crippen LogP contribution in [-0.4, -0.2) is 29.7 Å². The molecule has 0 aromatic heterocycles. The number of alkyl halides is 3. The maximum atomic E-state index is 11.8. The van der Waals surface area contributed by atoms with Gasteiger partial charge in [0.1, 0.15) is 6.61 Å². The molecule has 1 aliphatic heterocycles. The minimum atomic E-state index is -3.85. The Bertz CT molecular complexity index is 571. The fourth-order valence-corrected chi connectivity index (χ4v) is 3.30. The average Bonchev–Trinajstić information content (AvgIpc) is 3.06. The minimum absolute atomic E-state index is 0.194. The molecule has 4 nitrogen and oxygen atoms in total. The van der Waals surface area contributed by atoms with E-state index in [0.717, 1.165) is 11.1 Å². The van der Waals surface area contributed by atoms with E-state index in [1.165, 1.54) is 4.31 Å². The third-order valence-corrected chi connectivity index (χ3v) is 4.37. The number of halogens is 3. The molecular weight excluding hydrogens is 333 g/mol. The summed E-state index contributed by atoms with van der Waals surface area (Å²) in [4.78, 5) is 0. The fourth-order valence-electron chi connectivity index (χ4n) is 1.73. The Morgan fingerprint density at radius 3 is 2.68 bits per heavy atom. The van der Waals surface area contributed by atoms with Gasteiger partial charge in [-0.15, -0.1) is 0 Å². The van der Waals surface area contributed by atoms with E-state index in [0.29, 0.717) is 6.54 Å². The summed E-state index contributed by atoms with van der Waals surface area (Å²) in [5.41, 5.74) is 2.00. The summed E-state index contributed by atoms with van der Waals surface area (Å²) in [5.74, 6) is 0. The lowest BCUT2D eigenvalue weighted by Crippen LogP contribution is -2.22. The van der Waals surface area contributed by atoms with Crippen LogP contribution in [0, 0.1) is 6.92 Å². The summed E-state index contributed by atoms with van der Waals surface area (Å²) in [7, 11) is -3.85. The van der Waals surface area contributed by atoms with Gasteiger partial charge in [-0.2, -0.15) is 12.7 Å². The standard InChI is InChI=1S/C11H12Cl3NO3S/c1-8-3-2-4-9(5-8)10-6-15(10)19(16,17)18-7-11(12,13)14/h2-5,10H,6-7H2,1H3. The van der Waals surface area contributed by atoms with E-state index >= 15 is 0 Å². The molecule has 19 heavy (non-hydrogen) atoms. The van der Waals surface area contributed by atoms with Crippen molar-refractivity contribution in [1.29, 1.82) is 0 Å². The molecule has 106 valence electrons. The molecule has 1 aliphatic rings. The first-order chi connectivity index (χ1) is 8.69. The Balaban J connectivity index is 2.02. The Labute approximate surface area is 127 Å². The van der Waals surface area contributed by atoms with Gasteiger partial charge in [0.2, 0.25) is 3.79 Å². The molecule has 0 spiro atoms. The summed E-state index contributed by atoms with van der Waals surface area (Å²) < 4.78 is 27.8. The molecule has 1 aromatic rings. The van der Waals surface area contributed by atoms with Crippen molar-refractivity contribution in [2.75, 3.05) is 13.2 Å². The highest BCUT2D eigenvalue weighted by molar-refractivity contribution is 7.84. The quantitative estimate of drug-likeness (QED) is 0.623. The van der Waals surface area contributed by atoms with Gasteiger partial charge in [-0.05, 0) is 12.5 Å². The number of rotatable bonds is 4. The normalized spacial score (nSPS) is 23.4. The molecule has 1 fully saturated rings. The third-order valence-electron chi connectivity index (χ3n) is 2.65. The molecule has 2 atom stereocenters. The van der Waals surface area contributed by atoms with Crippen molar-refractivity contribution in [3.63, 3.8) is 0 Å². The molecule has 1 saturated heterocycles. The Hall–Kier alpha value is -0.0400. The van der Waals surface area contributed by atoms with Gasteiger partial charge in [-0.1, -0.05) is 64.6 Å². The summed E-state index contributed by atoms with van der Waals surface area (Å²) in [6.45, 7) is 1.83. The molecular formula is C11H12Cl3NO3S. The molecule has 1 aromatic carbocycles. The molecule has 0 bridgehead atoms. The van der Waals surface area contributed by atoms with E-state index in [1.54, 1.807) is 0 Å². The van der Waals surface area contributed by atoms with Gasteiger partial charge in [0.25, 0.3) is 0 Å². The number of nitrogens with zero attached hydrogens (tertiary/aromatic N) is 1. The fraction of sp³-hybridized carbons (Fsp3) is 0.455. The Morgan fingerprint density at radius 1 is 1.42 bits per heavy atom. The molecule has 2 unspecified atom stereocenters. The monoisotopic (exact) mass is 343 g/mol. The molecule has 0 radical (unpaired) electrons. The van der Waals surface area contributed by atoms with Gasteiger partial charge < -0.3 is 0 Å². The Kier molecular flexibility index (Phi) is 4.35.